The van der Waals surface area contributed by atoms with Crippen molar-refractivity contribution in [2.45, 2.75) is 6.54 Å². The van der Waals surface area contributed by atoms with Crippen molar-refractivity contribution in [1.29, 1.82) is 0 Å². The second-order valence-electron chi connectivity index (χ2n) is 7.18. The number of rotatable bonds is 7. The van der Waals surface area contributed by atoms with Gasteiger partial charge in [-0.2, -0.15) is 0 Å². The minimum Gasteiger partial charge on any atom is -0.493 e. The molecule has 1 saturated heterocycles. The zero-order valence-electron chi connectivity index (χ0n) is 17.2. The van der Waals surface area contributed by atoms with Crippen molar-refractivity contribution in [1.82, 2.24) is 9.80 Å². The first kappa shape index (κ1) is 20.9. The van der Waals surface area contributed by atoms with E-state index in [2.05, 4.69) is 0 Å². The summed E-state index contributed by atoms with van der Waals surface area (Å²) < 4.78 is 24.6. The van der Waals surface area contributed by atoms with Crippen molar-refractivity contribution >= 4 is 11.6 Å². The molecule has 29 heavy (non-hydrogen) atoms. The Morgan fingerprint density at radius 3 is 2.38 bits per heavy atom. The number of carbonyl (C=O) groups is 1. The molecule has 6 nitrogen and oxygen atoms in total. The highest BCUT2D eigenvalue weighted by molar-refractivity contribution is 5.78. The predicted octanol–water partition coefficient (Wildman–Crippen LogP) is 2.62. The summed E-state index contributed by atoms with van der Waals surface area (Å²) in [7, 11) is 5.13. The van der Waals surface area contributed by atoms with Crippen molar-refractivity contribution in [2.24, 2.45) is 0 Å². The fraction of sp³-hybridized carbons (Fsp3) is 0.409. The van der Waals surface area contributed by atoms with Gasteiger partial charge in [-0.3, -0.25) is 9.69 Å². The van der Waals surface area contributed by atoms with E-state index in [-0.39, 0.29) is 11.7 Å². The normalized spacial score (nSPS) is 14.2. The summed E-state index contributed by atoms with van der Waals surface area (Å²) >= 11 is 0. The van der Waals surface area contributed by atoms with Crippen LogP contribution in [0.2, 0.25) is 0 Å². The summed E-state index contributed by atoms with van der Waals surface area (Å²) in [6.07, 6.45) is 0. The van der Waals surface area contributed by atoms with E-state index >= 15 is 0 Å². The fourth-order valence-corrected chi connectivity index (χ4v) is 3.58. The standard InChI is InChI=1S/C22H28FN3O3/c1-24(15-17-8-9-20(28-2)21(14-17)29-3)16-22(27)26-12-10-25(11-13-26)19-7-5-4-6-18(19)23/h4-9,14H,10-13,15-16H2,1-3H3. The highest BCUT2D eigenvalue weighted by Gasteiger charge is 2.23. The summed E-state index contributed by atoms with van der Waals surface area (Å²) in [6, 6.07) is 12.5. The molecule has 1 aliphatic heterocycles. The van der Waals surface area contributed by atoms with Gasteiger partial charge in [0.15, 0.2) is 11.5 Å². The molecule has 0 spiro atoms. The number of piperazine rings is 1. The number of nitrogens with zero attached hydrogens (tertiary/aromatic N) is 3. The summed E-state index contributed by atoms with van der Waals surface area (Å²) in [4.78, 5) is 18.5. The second kappa shape index (κ2) is 9.60. The lowest BCUT2D eigenvalue weighted by molar-refractivity contribution is -0.132. The number of carbonyl (C=O) groups excluding carboxylic acids is 1. The van der Waals surface area contributed by atoms with E-state index < -0.39 is 0 Å². The first-order chi connectivity index (χ1) is 14.0. The van der Waals surface area contributed by atoms with Crippen molar-refractivity contribution in [3.8, 4) is 11.5 Å². The zero-order chi connectivity index (χ0) is 20.8. The summed E-state index contributed by atoms with van der Waals surface area (Å²) in [5, 5.41) is 0. The Balaban J connectivity index is 1.51. The highest BCUT2D eigenvalue weighted by Crippen LogP contribution is 2.28. The van der Waals surface area contributed by atoms with Gasteiger partial charge in [0.05, 0.1) is 26.5 Å². The molecule has 0 aliphatic carbocycles. The predicted molar refractivity (Wildman–Crippen MR) is 111 cm³/mol. The molecule has 1 fully saturated rings. The van der Waals surface area contributed by atoms with Gasteiger partial charge in [-0.05, 0) is 36.9 Å². The first-order valence-electron chi connectivity index (χ1n) is 9.68. The van der Waals surface area contributed by atoms with Crippen molar-refractivity contribution in [3.63, 3.8) is 0 Å². The number of benzene rings is 2. The van der Waals surface area contributed by atoms with Crippen LogP contribution >= 0.6 is 0 Å². The van der Waals surface area contributed by atoms with Crippen LogP contribution < -0.4 is 14.4 Å². The van der Waals surface area contributed by atoms with Gasteiger partial charge < -0.3 is 19.3 Å². The van der Waals surface area contributed by atoms with E-state index in [4.69, 9.17) is 9.47 Å². The third-order valence-electron chi connectivity index (χ3n) is 5.13. The molecule has 156 valence electrons. The Kier molecular flexibility index (Phi) is 6.93. The number of likely N-dealkylation sites (N-methyl/N-ethyl adjacent to an activating group) is 1. The molecule has 0 atom stereocenters. The second-order valence-corrected chi connectivity index (χ2v) is 7.18. The van der Waals surface area contributed by atoms with Crippen molar-refractivity contribution in [3.05, 3.63) is 53.8 Å². The Morgan fingerprint density at radius 2 is 1.72 bits per heavy atom. The van der Waals surface area contributed by atoms with E-state index in [0.29, 0.717) is 56.5 Å². The smallest absolute Gasteiger partial charge is 0.236 e. The number of methoxy groups -OCH3 is 2. The van der Waals surface area contributed by atoms with E-state index in [1.165, 1.54) is 6.07 Å². The topological polar surface area (TPSA) is 45.2 Å². The molecule has 3 rings (SSSR count). The molecule has 1 heterocycles. The van der Waals surface area contributed by atoms with Crippen molar-refractivity contribution in [2.75, 3.05) is 58.9 Å². The van der Waals surface area contributed by atoms with Gasteiger partial charge in [-0.15, -0.1) is 0 Å². The van der Waals surface area contributed by atoms with Crippen LogP contribution in [0.1, 0.15) is 5.56 Å². The summed E-state index contributed by atoms with van der Waals surface area (Å²) in [6.45, 7) is 3.40. The number of anilines is 1. The average molecular weight is 401 g/mol. The summed E-state index contributed by atoms with van der Waals surface area (Å²) in [5.74, 6) is 1.22. The highest BCUT2D eigenvalue weighted by atomic mass is 19.1. The van der Waals surface area contributed by atoms with E-state index in [0.717, 1.165) is 5.56 Å². The van der Waals surface area contributed by atoms with Crippen LogP contribution in [0.5, 0.6) is 11.5 Å². The van der Waals surface area contributed by atoms with Crippen LogP contribution in [0.15, 0.2) is 42.5 Å². The molecule has 2 aromatic rings. The van der Waals surface area contributed by atoms with Crippen LogP contribution in [-0.2, 0) is 11.3 Å². The van der Waals surface area contributed by atoms with Gasteiger partial charge in [-0.25, -0.2) is 4.39 Å². The Bertz CT molecular complexity index is 838. The summed E-state index contributed by atoms with van der Waals surface area (Å²) in [5.41, 5.74) is 1.65. The molecule has 0 bridgehead atoms. The molecule has 1 amide bonds. The lowest BCUT2D eigenvalue weighted by Gasteiger charge is -2.36. The molecule has 7 heteroatoms. The van der Waals surface area contributed by atoms with Gasteiger partial charge in [-0.1, -0.05) is 18.2 Å². The third kappa shape index (κ3) is 5.17. The molecule has 0 saturated carbocycles. The number of halogens is 1. The number of hydrogen-bond donors (Lipinski definition) is 0. The molecular formula is C22H28FN3O3. The maximum absolute atomic E-state index is 14.0. The minimum atomic E-state index is -0.220. The third-order valence-corrected chi connectivity index (χ3v) is 5.13. The molecular weight excluding hydrogens is 373 g/mol. The SMILES string of the molecule is COc1ccc(CN(C)CC(=O)N2CCN(c3ccccc3F)CC2)cc1OC. The Morgan fingerprint density at radius 1 is 1.03 bits per heavy atom. The van der Waals surface area contributed by atoms with Crippen LogP contribution in [-0.4, -0.2) is 69.7 Å². The van der Waals surface area contributed by atoms with E-state index in [1.807, 2.05) is 46.0 Å². The lowest BCUT2D eigenvalue weighted by Crippen LogP contribution is -2.51. The fourth-order valence-electron chi connectivity index (χ4n) is 3.58. The van der Waals surface area contributed by atoms with Gasteiger partial charge >= 0.3 is 0 Å². The van der Waals surface area contributed by atoms with Crippen molar-refractivity contribution < 1.29 is 18.7 Å². The molecule has 2 aromatic carbocycles. The van der Waals surface area contributed by atoms with E-state index in [1.54, 1.807) is 26.4 Å². The van der Waals surface area contributed by atoms with Gasteiger partial charge in [0.2, 0.25) is 5.91 Å². The van der Waals surface area contributed by atoms with E-state index in [9.17, 15) is 9.18 Å². The van der Waals surface area contributed by atoms with Crippen LogP contribution in [0.25, 0.3) is 0 Å². The Hall–Kier alpha value is -2.80. The van der Waals surface area contributed by atoms with Gasteiger partial charge in [0, 0.05) is 32.7 Å². The minimum absolute atomic E-state index is 0.0844. The van der Waals surface area contributed by atoms with Crippen LogP contribution in [0.4, 0.5) is 10.1 Å². The quantitative estimate of drug-likeness (QED) is 0.714. The molecule has 0 unspecified atom stereocenters. The van der Waals surface area contributed by atoms with Crippen LogP contribution in [0.3, 0.4) is 0 Å². The monoisotopic (exact) mass is 401 g/mol. The number of hydrogen-bond acceptors (Lipinski definition) is 5. The number of amides is 1. The number of para-hydroxylation sites is 1. The molecule has 1 aliphatic rings. The van der Waals surface area contributed by atoms with Gasteiger partial charge in [0.25, 0.3) is 0 Å². The average Bonchev–Trinajstić information content (AvgIpc) is 2.74. The van der Waals surface area contributed by atoms with Gasteiger partial charge in [0.1, 0.15) is 5.82 Å². The lowest BCUT2D eigenvalue weighted by atomic mass is 10.2. The Labute approximate surface area is 171 Å². The molecule has 0 N–H and O–H groups in total. The largest absolute Gasteiger partial charge is 0.493 e. The maximum Gasteiger partial charge on any atom is 0.236 e. The molecule has 0 radical (unpaired) electrons. The molecule has 0 aromatic heterocycles. The maximum atomic E-state index is 14.0. The number of ether oxygens (including phenoxy) is 2. The first-order valence-corrected chi connectivity index (χ1v) is 9.68. The zero-order valence-corrected chi connectivity index (χ0v) is 17.2. The van der Waals surface area contributed by atoms with Crippen LogP contribution in [0, 0.1) is 5.82 Å².